The lowest BCUT2D eigenvalue weighted by Crippen LogP contribution is -2.01. The summed E-state index contributed by atoms with van der Waals surface area (Å²) in [5.74, 6) is 1.05. The third-order valence-electron chi connectivity index (χ3n) is 3.79. The minimum Gasteiger partial charge on any atom is -0.398 e. The molecule has 2 aliphatic rings. The van der Waals surface area contributed by atoms with E-state index in [4.69, 9.17) is 17.3 Å². The number of hydrogen-bond donors (Lipinski definition) is 1. The zero-order valence-corrected chi connectivity index (χ0v) is 9.51. The summed E-state index contributed by atoms with van der Waals surface area (Å²) in [7, 11) is 0. The first-order valence-corrected chi connectivity index (χ1v) is 5.82. The van der Waals surface area contributed by atoms with Crippen LogP contribution in [0.5, 0.6) is 0 Å². The molecule has 1 aromatic rings. The van der Waals surface area contributed by atoms with Gasteiger partial charge in [0.05, 0.1) is 0 Å². The highest BCUT2D eigenvalue weighted by atomic mass is 35.5. The molecule has 78 valence electrons. The van der Waals surface area contributed by atoms with E-state index in [-0.39, 0.29) is 0 Å². The van der Waals surface area contributed by atoms with E-state index < -0.39 is 0 Å². The molecule has 0 spiro atoms. The Bertz CT molecular complexity index is 458. The molecular formula is C13H14ClN. The first-order valence-electron chi connectivity index (χ1n) is 5.44. The molecule has 1 saturated carbocycles. The van der Waals surface area contributed by atoms with Crippen molar-refractivity contribution in [3.63, 3.8) is 0 Å². The number of anilines is 1. The zero-order valence-electron chi connectivity index (χ0n) is 8.76. The van der Waals surface area contributed by atoms with Gasteiger partial charge in [-0.05, 0) is 42.5 Å². The molecule has 2 aliphatic carbocycles. The van der Waals surface area contributed by atoms with Gasteiger partial charge in [0, 0.05) is 22.6 Å². The molecule has 2 unspecified atom stereocenters. The predicted octanol–water partition coefficient (Wildman–Crippen LogP) is 3.76. The highest BCUT2D eigenvalue weighted by Crippen LogP contribution is 2.59. The number of allylic oxidation sites excluding steroid dienone is 2. The van der Waals surface area contributed by atoms with E-state index in [0.29, 0.717) is 11.8 Å². The molecule has 2 N–H and O–H groups in total. The molecule has 1 fully saturated rings. The Morgan fingerprint density at radius 3 is 2.73 bits per heavy atom. The SMILES string of the molecule is C/C(Cl)=C1/C2CCC1c1c(N)cccc12. The van der Waals surface area contributed by atoms with Crippen LogP contribution in [-0.2, 0) is 0 Å². The monoisotopic (exact) mass is 219 g/mol. The molecule has 0 aliphatic heterocycles. The van der Waals surface area contributed by atoms with Crippen molar-refractivity contribution in [3.05, 3.63) is 39.9 Å². The van der Waals surface area contributed by atoms with Crippen LogP contribution in [0, 0.1) is 0 Å². The number of nitrogens with two attached hydrogens (primary N) is 1. The lowest BCUT2D eigenvalue weighted by molar-refractivity contribution is 0.719. The van der Waals surface area contributed by atoms with E-state index >= 15 is 0 Å². The van der Waals surface area contributed by atoms with Gasteiger partial charge in [-0.3, -0.25) is 0 Å². The molecule has 1 aromatic carbocycles. The van der Waals surface area contributed by atoms with Crippen molar-refractivity contribution in [1.29, 1.82) is 0 Å². The Kier molecular flexibility index (Phi) is 1.87. The molecular weight excluding hydrogens is 206 g/mol. The number of fused-ring (bicyclic) bond motifs is 5. The van der Waals surface area contributed by atoms with Crippen LogP contribution in [0.3, 0.4) is 0 Å². The quantitative estimate of drug-likeness (QED) is 0.661. The topological polar surface area (TPSA) is 26.0 Å². The molecule has 15 heavy (non-hydrogen) atoms. The fourth-order valence-corrected chi connectivity index (χ4v) is 3.56. The van der Waals surface area contributed by atoms with Gasteiger partial charge in [-0.15, -0.1) is 0 Å². The average Bonchev–Trinajstić information content (AvgIpc) is 2.73. The standard InChI is InChI=1S/C13H14ClN/c1-7(14)12-9-5-6-10(12)13-8(9)3-2-4-11(13)15/h2-4,9-10H,5-6,15H2,1H3/b12-7+. The van der Waals surface area contributed by atoms with Gasteiger partial charge in [0.15, 0.2) is 0 Å². The number of benzene rings is 1. The highest BCUT2D eigenvalue weighted by molar-refractivity contribution is 6.29. The second kappa shape index (κ2) is 3.02. The largest absolute Gasteiger partial charge is 0.398 e. The van der Waals surface area contributed by atoms with Crippen molar-refractivity contribution in [1.82, 2.24) is 0 Å². The minimum absolute atomic E-state index is 0.503. The summed E-state index contributed by atoms with van der Waals surface area (Å²) in [5.41, 5.74) is 11.2. The Balaban J connectivity index is 2.26. The first kappa shape index (κ1) is 9.29. The van der Waals surface area contributed by atoms with Crippen molar-refractivity contribution < 1.29 is 0 Å². The van der Waals surface area contributed by atoms with Crippen molar-refractivity contribution in [2.45, 2.75) is 31.6 Å². The maximum absolute atomic E-state index is 6.20. The average molecular weight is 220 g/mol. The fourth-order valence-electron chi connectivity index (χ4n) is 3.30. The van der Waals surface area contributed by atoms with Gasteiger partial charge in [0.1, 0.15) is 0 Å². The number of halogens is 1. The highest BCUT2D eigenvalue weighted by Gasteiger charge is 2.43. The van der Waals surface area contributed by atoms with Crippen molar-refractivity contribution in [2.24, 2.45) is 0 Å². The van der Waals surface area contributed by atoms with Gasteiger partial charge in [0.25, 0.3) is 0 Å². The van der Waals surface area contributed by atoms with Crippen LogP contribution < -0.4 is 5.73 Å². The van der Waals surface area contributed by atoms with Crippen LogP contribution in [0.25, 0.3) is 0 Å². The summed E-state index contributed by atoms with van der Waals surface area (Å²) in [6.45, 7) is 2.00. The number of nitrogen functional groups attached to an aromatic ring is 1. The van der Waals surface area contributed by atoms with Gasteiger partial charge in [0.2, 0.25) is 0 Å². The summed E-state index contributed by atoms with van der Waals surface area (Å²) in [4.78, 5) is 0. The predicted molar refractivity (Wildman–Crippen MR) is 64.1 cm³/mol. The Morgan fingerprint density at radius 1 is 1.33 bits per heavy atom. The number of rotatable bonds is 0. The normalized spacial score (nSPS) is 30.5. The molecule has 2 atom stereocenters. The van der Waals surface area contributed by atoms with Gasteiger partial charge in [-0.2, -0.15) is 0 Å². The molecule has 0 amide bonds. The Morgan fingerprint density at radius 2 is 2.07 bits per heavy atom. The Labute approximate surface area is 94.9 Å². The van der Waals surface area contributed by atoms with Gasteiger partial charge >= 0.3 is 0 Å². The second-order valence-corrected chi connectivity index (χ2v) is 5.09. The Hall–Kier alpha value is -0.950. The molecule has 1 nitrogen and oxygen atoms in total. The molecule has 3 rings (SSSR count). The number of hydrogen-bond acceptors (Lipinski definition) is 1. The van der Waals surface area contributed by atoms with Crippen LogP contribution in [0.4, 0.5) is 5.69 Å². The van der Waals surface area contributed by atoms with Gasteiger partial charge < -0.3 is 5.73 Å². The van der Waals surface area contributed by atoms with Gasteiger partial charge in [-0.25, -0.2) is 0 Å². The van der Waals surface area contributed by atoms with E-state index in [1.54, 1.807) is 0 Å². The van der Waals surface area contributed by atoms with E-state index in [1.165, 1.54) is 29.5 Å². The van der Waals surface area contributed by atoms with Crippen molar-refractivity contribution >= 4 is 17.3 Å². The summed E-state index contributed by atoms with van der Waals surface area (Å²) in [6, 6.07) is 6.26. The fraction of sp³-hybridized carbons (Fsp3) is 0.385. The molecule has 0 radical (unpaired) electrons. The smallest absolute Gasteiger partial charge is 0.0355 e. The summed E-state index contributed by atoms with van der Waals surface area (Å²) < 4.78 is 0. The second-order valence-electron chi connectivity index (χ2n) is 4.52. The van der Waals surface area contributed by atoms with E-state index in [9.17, 15) is 0 Å². The summed E-state index contributed by atoms with van der Waals surface area (Å²) in [5, 5.41) is 0.970. The minimum atomic E-state index is 0.503. The third kappa shape index (κ3) is 1.10. The summed E-state index contributed by atoms with van der Waals surface area (Å²) >= 11 is 6.20. The van der Waals surface area contributed by atoms with Crippen LogP contribution in [-0.4, -0.2) is 0 Å². The van der Waals surface area contributed by atoms with Crippen LogP contribution in [0.2, 0.25) is 0 Å². The van der Waals surface area contributed by atoms with Crippen LogP contribution in [0.1, 0.15) is 42.7 Å². The van der Waals surface area contributed by atoms with Crippen LogP contribution in [0.15, 0.2) is 28.8 Å². The van der Waals surface area contributed by atoms with Gasteiger partial charge in [-0.1, -0.05) is 23.7 Å². The van der Waals surface area contributed by atoms with Crippen LogP contribution >= 0.6 is 11.6 Å². The molecule has 2 bridgehead atoms. The lowest BCUT2D eigenvalue weighted by Gasteiger charge is -2.15. The third-order valence-corrected chi connectivity index (χ3v) is 4.01. The maximum Gasteiger partial charge on any atom is 0.0355 e. The van der Waals surface area contributed by atoms with Crippen molar-refractivity contribution in [3.8, 4) is 0 Å². The van der Waals surface area contributed by atoms with E-state index in [1.807, 2.05) is 13.0 Å². The molecule has 0 saturated heterocycles. The molecule has 0 aromatic heterocycles. The van der Waals surface area contributed by atoms with E-state index in [0.717, 1.165) is 10.7 Å². The zero-order chi connectivity index (χ0) is 10.6. The maximum atomic E-state index is 6.20. The van der Waals surface area contributed by atoms with Crippen molar-refractivity contribution in [2.75, 3.05) is 5.73 Å². The first-order chi connectivity index (χ1) is 7.20. The molecule has 2 heteroatoms. The summed E-state index contributed by atoms with van der Waals surface area (Å²) in [6.07, 6.45) is 2.45. The van der Waals surface area contributed by atoms with E-state index in [2.05, 4.69) is 12.1 Å². The molecule has 0 heterocycles. The lowest BCUT2D eigenvalue weighted by atomic mass is 9.91.